The lowest BCUT2D eigenvalue weighted by Crippen LogP contribution is -2.44. The summed E-state index contributed by atoms with van der Waals surface area (Å²) in [5, 5.41) is 0. The van der Waals surface area contributed by atoms with Crippen molar-refractivity contribution < 1.29 is 26.4 Å². The van der Waals surface area contributed by atoms with Crippen LogP contribution < -0.4 is 0 Å². The molecule has 3 atom stereocenters. The molecule has 0 N–H and O–H groups in total. The van der Waals surface area contributed by atoms with Gasteiger partial charge < -0.3 is 4.74 Å². The van der Waals surface area contributed by atoms with E-state index in [1.54, 1.807) is 0 Å². The first-order chi connectivity index (χ1) is 13.2. The fraction of sp³-hybridized carbons (Fsp3) is 0.941. The highest BCUT2D eigenvalue weighted by Gasteiger charge is 2.58. The van der Waals surface area contributed by atoms with Crippen LogP contribution in [0.25, 0.3) is 0 Å². The molecule has 0 spiro atoms. The van der Waals surface area contributed by atoms with Crippen LogP contribution in [0.2, 0.25) is 0 Å². The number of amides is 1. The Bertz CT molecular complexity index is 779. The van der Waals surface area contributed by atoms with Crippen molar-refractivity contribution >= 4 is 26.0 Å². The maximum absolute atomic E-state index is 13.0. The summed E-state index contributed by atoms with van der Waals surface area (Å²) in [4.78, 5) is 14.9. The van der Waals surface area contributed by atoms with Crippen LogP contribution in [0.5, 0.6) is 0 Å². The first-order valence-corrected chi connectivity index (χ1v) is 13.5. The van der Waals surface area contributed by atoms with Crippen molar-refractivity contribution in [3.8, 4) is 0 Å². The maximum atomic E-state index is 13.0. The first kappa shape index (κ1) is 21.9. The monoisotopic (exact) mass is 437 g/mol. The molecule has 162 valence electrons. The molecule has 3 aliphatic rings. The van der Waals surface area contributed by atoms with E-state index in [4.69, 9.17) is 4.74 Å². The van der Waals surface area contributed by atoms with E-state index in [1.165, 1.54) is 4.31 Å². The molecule has 11 heteroatoms. The third-order valence-electron chi connectivity index (χ3n) is 5.91. The summed E-state index contributed by atoms with van der Waals surface area (Å²) in [6.45, 7) is 5.85. The van der Waals surface area contributed by atoms with E-state index in [9.17, 15) is 21.6 Å². The smallest absolute Gasteiger partial charge is 0.241 e. The summed E-state index contributed by atoms with van der Waals surface area (Å²) in [6, 6.07) is -1.15. The highest BCUT2D eigenvalue weighted by Crippen LogP contribution is 2.41. The van der Waals surface area contributed by atoms with Gasteiger partial charge in [0.2, 0.25) is 26.0 Å². The number of hydrogen-bond donors (Lipinski definition) is 0. The topological polar surface area (TPSA) is 104 Å². The lowest BCUT2D eigenvalue weighted by molar-refractivity contribution is -0.128. The lowest BCUT2D eigenvalue weighted by Gasteiger charge is -2.28. The lowest BCUT2D eigenvalue weighted by atomic mass is 9.95. The number of carbonyl (C=O) groups is 1. The molecular formula is C17H31N3O6S2. The van der Waals surface area contributed by atoms with Crippen LogP contribution in [0.4, 0.5) is 0 Å². The van der Waals surface area contributed by atoms with Gasteiger partial charge in [0.25, 0.3) is 0 Å². The van der Waals surface area contributed by atoms with Gasteiger partial charge in [-0.05, 0) is 25.8 Å². The first-order valence-electron chi connectivity index (χ1n) is 9.99. The fourth-order valence-corrected chi connectivity index (χ4v) is 7.68. The van der Waals surface area contributed by atoms with Gasteiger partial charge in [-0.2, -0.15) is 4.31 Å². The standard InChI is InChI=1S/C17H31N3O6S2/c1-3-5-14-16-15(20(17(14)21)27(2,22)23)6-8-19(16)28(24,25)13-4-7-18-9-11-26-12-10-18/h14-16H,3-13H2,1-2H3/t14-,15+,16-/m1/s1. The number of hydrogen-bond acceptors (Lipinski definition) is 7. The number of fused-ring (bicyclic) bond motifs is 1. The summed E-state index contributed by atoms with van der Waals surface area (Å²) in [5.74, 6) is -1.02. The van der Waals surface area contributed by atoms with Crippen LogP contribution in [-0.4, -0.2) is 99.7 Å². The minimum absolute atomic E-state index is 0.0134. The Hall–Kier alpha value is -0.750. The molecule has 3 heterocycles. The van der Waals surface area contributed by atoms with Gasteiger partial charge in [0.15, 0.2) is 0 Å². The Balaban J connectivity index is 1.72. The van der Waals surface area contributed by atoms with Crippen LogP contribution in [-0.2, 0) is 29.6 Å². The average Bonchev–Trinajstić information content (AvgIpc) is 3.14. The molecule has 3 rings (SSSR count). The molecule has 0 aromatic heterocycles. The zero-order valence-corrected chi connectivity index (χ0v) is 18.3. The van der Waals surface area contributed by atoms with Crippen molar-refractivity contribution in [2.75, 3.05) is 51.4 Å². The number of ether oxygens (including phenoxy) is 1. The maximum Gasteiger partial charge on any atom is 0.241 e. The Kier molecular flexibility index (Phi) is 6.70. The van der Waals surface area contributed by atoms with Gasteiger partial charge in [-0.25, -0.2) is 21.1 Å². The van der Waals surface area contributed by atoms with Gasteiger partial charge in [0, 0.05) is 19.6 Å². The second-order valence-electron chi connectivity index (χ2n) is 7.87. The minimum Gasteiger partial charge on any atom is -0.379 e. The van der Waals surface area contributed by atoms with E-state index >= 15 is 0 Å². The van der Waals surface area contributed by atoms with Crippen LogP contribution in [0, 0.1) is 5.92 Å². The van der Waals surface area contributed by atoms with E-state index in [2.05, 4.69) is 4.90 Å². The third-order valence-corrected chi connectivity index (χ3v) is 9.03. The van der Waals surface area contributed by atoms with Crippen LogP contribution in [0.3, 0.4) is 0 Å². The quantitative estimate of drug-likeness (QED) is 0.513. The predicted octanol–water partition coefficient (Wildman–Crippen LogP) is -0.300. The van der Waals surface area contributed by atoms with Crippen molar-refractivity contribution in [3.05, 3.63) is 0 Å². The molecule has 0 saturated carbocycles. The van der Waals surface area contributed by atoms with Crippen molar-refractivity contribution in [1.82, 2.24) is 13.5 Å². The Morgan fingerprint density at radius 1 is 1.11 bits per heavy atom. The van der Waals surface area contributed by atoms with Crippen LogP contribution >= 0.6 is 0 Å². The molecule has 0 aliphatic carbocycles. The molecule has 0 radical (unpaired) electrons. The van der Waals surface area contributed by atoms with Crippen molar-refractivity contribution in [1.29, 1.82) is 0 Å². The molecule has 1 amide bonds. The Morgan fingerprint density at radius 3 is 2.39 bits per heavy atom. The summed E-state index contributed by atoms with van der Waals surface area (Å²) >= 11 is 0. The number of nitrogens with zero attached hydrogens (tertiary/aromatic N) is 3. The molecule has 0 aromatic carbocycles. The van der Waals surface area contributed by atoms with Gasteiger partial charge in [-0.3, -0.25) is 9.69 Å². The SMILES string of the molecule is CCC[C@H]1C(=O)N(S(C)(=O)=O)[C@H]2CCN(S(=O)(=O)CCCN3CCOCC3)[C@H]12. The molecule has 3 aliphatic heterocycles. The normalized spacial score (nSPS) is 30.1. The third kappa shape index (κ3) is 4.38. The average molecular weight is 438 g/mol. The molecule has 28 heavy (non-hydrogen) atoms. The van der Waals surface area contributed by atoms with Gasteiger partial charge in [0.05, 0.1) is 43.2 Å². The van der Waals surface area contributed by atoms with E-state index in [0.717, 1.165) is 23.7 Å². The number of carbonyl (C=O) groups excluding carboxylic acids is 1. The Morgan fingerprint density at radius 2 is 1.79 bits per heavy atom. The van der Waals surface area contributed by atoms with Crippen LogP contribution in [0.15, 0.2) is 0 Å². The van der Waals surface area contributed by atoms with E-state index < -0.39 is 44.0 Å². The van der Waals surface area contributed by atoms with Crippen LogP contribution in [0.1, 0.15) is 32.6 Å². The Labute approximate surface area is 168 Å². The second-order valence-corrected chi connectivity index (χ2v) is 11.8. The summed E-state index contributed by atoms with van der Waals surface area (Å²) < 4.78 is 58.1. The predicted molar refractivity (Wildman–Crippen MR) is 105 cm³/mol. The molecule has 3 saturated heterocycles. The van der Waals surface area contributed by atoms with Gasteiger partial charge in [-0.15, -0.1) is 0 Å². The van der Waals surface area contributed by atoms with Gasteiger partial charge >= 0.3 is 0 Å². The number of rotatable bonds is 8. The fourth-order valence-electron chi connectivity index (χ4n) is 4.72. The molecule has 0 aromatic rings. The largest absolute Gasteiger partial charge is 0.379 e. The minimum atomic E-state index is -3.71. The van der Waals surface area contributed by atoms with E-state index in [1.807, 2.05) is 6.92 Å². The zero-order valence-electron chi connectivity index (χ0n) is 16.6. The highest BCUT2D eigenvalue weighted by molar-refractivity contribution is 7.89. The highest BCUT2D eigenvalue weighted by atomic mass is 32.2. The molecule has 3 fully saturated rings. The second kappa shape index (κ2) is 8.55. The molecule has 0 unspecified atom stereocenters. The van der Waals surface area contributed by atoms with Gasteiger partial charge in [-0.1, -0.05) is 13.3 Å². The number of morpholine rings is 1. The van der Waals surface area contributed by atoms with E-state index in [0.29, 0.717) is 45.4 Å². The summed E-state index contributed by atoms with van der Waals surface area (Å²) in [5.41, 5.74) is 0. The molecule has 9 nitrogen and oxygen atoms in total. The van der Waals surface area contributed by atoms with Crippen molar-refractivity contribution in [2.45, 2.75) is 44.7 Å². The summed E-state index contributed by atoms with van der Waals surface area (Å²) in [6.07, 6.45) is 3.09. The zero-order chi connectivity index (χ0) is 20.5. The summed E-state index contributed by atoms with van der Waals surface area (Å²) in [7, 11) is -7.27. The molecule has 0 bridgehead atoms. The molecular weight excluding hydrogens is 406 g/mol. The van der Waals surface area contributed by atoms with Crippen molar-refractivity contribution in [3.63, 3.8) is 0 Å². The van der Waals surface area contributed by atoms with E-state index in [-0.39, 0.29) is 12.3 Å². The number of sulfonamides is 2. The van der Waals surface area contributed by atoms with Crippen molar-refractivity contribution in [2.24, 2.45) is 5.92 Å². The van der Waals surface area contributed by atoms with Gasteiger partial charge in [0.1, 0.15) is 0 Å².